The zero-order valence-corrected chi connectivity index (χ0v) is 9.83. The van der Waals surface area contributed by atoms with Crippen molar-refractivity contribution >= 4 is 5.91 Å². The van der Waals surface area contributed by atoms with Gasteiger partial charge in [-0.1, -0.05) is 12.8 Å². The number of rotatable bonds is 1. The third-order valence-electron chi connectivity index (χ3n) is 3.82. The zero-order chi connectivity index (χ0) is 11.1. The maximum Gasteiger partial charge on any atom is 0.242 e. The van der Waals surface area contributed by atoms with Gasteiger partial charge in [0.1, 0.15) is 0 Å². The van der Waals surface area contributed by atoms with Crippen LogP contribution in [0.15, 0.2) is 0 Å². The van der Waals surface area contributed by atoms with Crippen LogP contribution in [-0.4, -0.2) is 28.9 Å². The molecule has 1 amide bonds. The lowest BCUT2D eigenvalue weighted by atomic mass is 9.85. The van der Waals surface area contributed by atoms with E-state index in [1.807, 2.05) is 18.7 Å². The zero-order valence-electron chi connectivity index (χ0n) is 9.83. The Morgan fingerprint density at radius 3 is 2.60 bits per heavy atom. The second kappa shape index (κ2) is 3.78. The van der Waals surface area contributed by atoms with Gasteiger partial charge in [-0.3, -0.25) is 4.79 Å². The summed E-state index contributed by atoms with van der Waals surface area (Å²) in [6.07, 6.45) is 6.30. The molecule has 0 spiro atoms. The van der Waals surface area contributed by atoms with E-state index >= 15 is 0 Å². The van der Waals surface area contributed by atoms with Crippen molar-refractivity contribution in [3.05, 3.63) is 0 Å². The highest BCUT2D eigenvalue weighted by molar-refractivity contribution is 5.85. The van der Waals surface area contributed by atoms with Crippen molar-refractivity contribution in [2.75, 3.05) is 6.54 Å². The van der Waals surface area contributed by atoms with Crippen LogP contribution in [0, 0.1) is 5.92 Å². The summed E-state index contributed by atoms with van der Waals surface area (Å²) < 4.78 is 0. The highest BCUT2D eigenvalue weighted by atomic mass is 16.2. The van der Waals surface area contributed by atoms with E-state index < -0.39 is 5.54 Å². The first kappa shape index (κ1) is 10.9. The Hall–Kier alpha value is -0.570. The van der Waals surface area contributed by atoms with Gasteiger partial charge in [-0.2, -0.15) is 0 Å². The van der Waals surface area contributed by atoms with Gasteiger partial charge in [-0.15, -0.1) is 0 Å². The standard InChI is InChI=1S/C12H22N2O/c1-12(2,13)11(15)14-8-7-9-5-3-4-6-10(9)14/h9-10H,3-8,13H2,1-2H3. The smallest absolute Gasteiger partial charge is 0.242 e. The van der Waals surface area contributed by atoms with Gasteiger partial charge in [0.15, 0.2) is 0 Å². The molecule has 1 aliphatic carbocycles. The Kier molecular flexibility index (Phi) is 2.75. The number of carbonyl (C=O) groups excluding carboxylic acids is 1. The topological polar surface area (TPSA) is 46.3 Å². The molecule has 86 valence electrons. The Morgan fingerprint density at radius 2 is 1.93 bits per heavy atom. The number of hydrogen-bond donors (Lipinski definition) is 1. The van der Waals surface area contributed by atoms with Crippen molar-refractivity contribution in [2.45, 2.75) is 57.5 Å². The maximum atomic E-state index is 12.1. The fourth-order valence-corrected chi connectivity index (χ4v) is 3.03. The molecular formula is C12H22N2O. The Bertz CT molecular complexity index is 257. The Morgan fingerprint density at radius 1 is 1.27 bits per heavy atom. The summed E-state index contributed by atoms with van der Waals surface area (Å²) in [5, 5.41) is 0. The van der Waals surface area contributed by atoms with E-state index in [9.17, 15) is 4.79 Å². The van der Waals surface area contributed by atoms with Crippen molar-refractivity contribution in [3.8, 4) is 0 Å². The first-order chi connectivity index (χ1) is 7.00. The van der Waals surface area contributed by atoms with Crippen LogP contribution in [0.4, 0.5) is 0 Å². The first-order valence-corrected chi connectivity index (χ1v) is 6.10. The Labute approximate surface area is 92.0 Å². The molecule has 0 aromatic rings. The highest BCUT2D eigenvalue weighted by Gasteiger charge is 2.41. The predicted molar refractivity (Wildman–Crippen MR) is 60.3 cm³/mol. The lowest BCUT2D eigenvalue weighted by molar-refractivity contribution is -0.137. The average Bonchev–Trinajstić information content (AvgIpc) is 2.58. The van der Waals surface area contributed by atoms with Crippen molar-refractivity contribution in [3.63, 3.8) is 0 Å². The van der Waals surface area contributed by atoms with E-state index in [-0.39, 0.29) is 5.91 Å². The molecule has 2 rings (SSSR count). The number of hydrogen-bond acceptors (Lipinski definition) is 2. The molecule has 0 bridgehead atoms. The van der Waals surface area contributed by atoms with Crippen LogP contribution in [0.3, 0.4) is 0 Å². The molecule has 3 nitrogen and oxygen atoms in total. The van der Waals surface area contributed by atoms with E-state index in [1.54, 1.807) is 0 Å². The molecule has 0 aromatic heterocycles. The largest absolute Gasteiger partial charge is 0.338 e. The summed E-state index contributed by atoms with van der Waals surface area (Å²) in [7, 11) is 0. The van der Waals surface area contributed by atoms with Gasteiger partial charge >= 0.3 is 0 Å². The van der Waals surface area contributed by atoms with Gasteiger partial charge in [-0.05, 0) is 39.0 Å². The van der Waals surface area contributed by atoms with Crippen LogP contribution < -0.4 is 5.73 Å². The van der Waals surface area contributed by atoms with E-state index in [0.29, 0.717) is 6.04 Å². The lowest BCUT2D eigenvalue weighted by Crippen LogP contribution is -2.53. The monoisotopic (exact) mass is 210 g/mol. The van der Waals surface area contributed by atoms with Crippen LogP contribution in [0.5, 0.6) is 0 Å². The molecule has 0 radical (unpaired) electrons. The minimum atomic E-state index is -0.702. The first-order valence-electron chi connectivity index (χ1n) is 6.10. The normalized spacial score (nSPS) is 31.5. The summed E-state index contributed by atoms with van der Waals surface area (Å²) in [5.74, 6) is 0.891. The third kappa shape index (κ3) is 2.03. The van der Waals surface area contributed by atoms with Gasteiger partial charge in [-0.25, -0.2) is 0 Å². The third-order valence-corrected chi connectivity index (χ3v) is 3.82. The number of nitrogens with two attached hydrogens (primary N) is 1. The molecule has 1 heterocycles. The molecule has 2 unspecified atom stereocenters. The van der Waals surface area contributed by atoms with Crippen LogP contribution in [0.2, 0.25) is 0 Å². The summed E-state index contributed by atoms with van der Waals surface area (Å²) in [6.45, 7) is 4.55. The number of likely N-dealkylation sites (tertiary alicyclic amines) is 1. The van der Waals surface area contributed by atoms with E-state index in [2.05, 4.69) is 0 Å². The van der Waals surface area contributed by atoms with E-state index in [0.717, 1.165) is 12.5 Å². The van der Waals surface area contributed by atoms with Gasteiger partial charge < -0.3 is 10.6 Å². The summed E-state index contributed by atoms with van der Waals surface area (Å²) in [5.41, 5.74) is 5.19. The minimum absolute atomic E-state index is 0.136. The highest BCUT2D eigenvalue weighted by Crippen LogP contribution is 2.36. The van der Waals surface area contributed by atoms with Crippen molar-refractivity contribution < 1.29 is 4.79 Å². The molecule has 1 saturated heterocycles. The Balaban J connectivity index is 2.08. The average molecular weight is 210 g/mol. The molecule has 0 aromatic carbocycles. The number of carbonyl (C=O) groups is 1. The van der Waals surface area contributed by atoms with Crippen molar-refractivity contribution in [1.82, 2.24) is 4.90 Å². The van der Waals surface area contributed by atoms with Crippen LogP contribution in [-0.2, 0) is 4.79 Å². The molecule has 15 heavy (non-hydrogen) atoms. The minimum Gasteiger partial charge on any atom is -0.338 e. The van der Waals surface area contributed by atoms with Crippen LogP contribution in [0.1, 0.15) is 46.0 Å². The summed E-state index contributed by atoms with van der Waals surface area (Å²) in [4.78, 5) is 14.2. The van der Waals surface area contributed by atoms with Crippen LogP contribution >= 0.6 is 0 Å². The predicted octanol–water partition coefficient (Wildman–Crippen LogP) is 1.51. The summed E-state index contributed by atoms with van der Waals surface area (Å²) >= 11 is 0. The van der Waals surface area contributed by atoms with Crippen LogP contribution in [0.25, 0.3) is 0 Å². The van der Waals surface area contributed by atoms with Crippen molar-refractivity contribution in [2.24, 2.45) is 11.7 Å². The van der Waals surface area contributed by atoms with Crippen molar-refractivity contribution in [1.29, 1.82) is 0 Å². The number of fused-ring (bicyclic) bond motifs is 1. The number of nitrogens with zero attached hydrogens (tertiary/aromatic N) is 1. The molecule has 1 aliphatic heterocycles. The number of amides is 1. The maximum absolute atomic E-state index is 12.1. The second-order valence-electron chi connectivity index (χ2n) is 5.62. The molecule has 2 fully saturated rings. The quantitative estimate of drug-likeness (QED) is 0.713. The SMILES string of the molecule is CC(C)(N)C(=O)N1CCC2CCCCC21. The fourth-order valence-electron chi connectivity index (χ4n) is 3.03. The van der Waals surface area contributed by atoms with E-state index in [4.69, 9.17) is 5.73 Å². The molecule has 2 N–H and O–H groups in total. The molecular weight excluding hydrogens is 188 g/mol. The second-order valence-corrected chi connectivity index (χ2v) is 5.62. The summed E-state index contributed by atoms with van der Waals surface area (Å²) in [6, 6.07) is 0.495. The molecule has 2 atom stereocenters. The van der Waals surface area contributed by atoms with Gasteiger partial charge in [0, 0.05) is 12.6 Å². The van der Waals surface area contributed by atoms with E-state index in [1.165, 1.54) is 32.1 Å². The molecule has 1 saturated carbocycles. The van der Waals surface area contributed by atoms with Gasteiger partial charge in [0.25, 0.3) is 0 Å². The lowest BCUT2D eigenvalue weighted by Gasteiger charge is -2.35. The fraction of sp³-hybridized carbons (Fsp3) is 0.917. The van der Waals surface area contributed by atoms with Gasteiger partial charge in [0.2, 0.25) is 5.91 Å². The molecule has 3 heteroatoms. The molecule has 2 aliphatic rings. The van der Waals surface area contributed by atoms with Gasteiger partial charge in [0.05, 0.1) is 5.54 Å².